The largest absolute Gasteiger partial charge is 0.465 e. The van der Waals surface area contributed by atoms with E-state index in [1.54, 1.807) is 20.0 Å². The molecular weight excluding hydrogens is 429 g/mol. The van der Waals surface area contributed by atoms with Gasteiger partial charge in [-0.2, -0.15) is 11.8 Å². The second-order valence-corrected chi connectivity index (χ2v) is 5.71. The third kappa shape index (κ3) is 7.96. The van der Waals surface area contributed by atoms with E-state index in [1.807, 2.05) is 11.8 Å². The molecule has 6 nitrogen and oxygen atoms in total. The van der Waals surface area contributed by atoms with Gasteiger partial charge in [-0.05, 0) is 37.8 Å². The number of thioether (sulfide) groups is 1. The van der Waals surface area contributed by atoms with E-state index in [-0.39, 0.29) is 29.9 Å². The van der Waals surface area contributed by atoms with Gasteiger partial charge in [-0.15, -0.1) is 24.0 Å². The van der Waals surface area contributed by atoms with Crippen LogP contribution in [0.5, 0.6) is 0 Å². The Kier molecular flexibility index (Phi) is 12.0. The fourth-order valence-corrected chi connectivity index (χ4v) is 2.41. The highest BCUT2D eigenvalue weighted by atomic mass is 127. The zero-order valence-electron chi connectivity index (χ0n) is 14.1. The number of ether oxygens (including phenoxy) is 1. The number of hydrogen-bond acceptors (Lipinski definition) is 5. The number of esters is 1. The molecule has 2 N–H and O–H groups in total. The molecule has 132 valence electrons. The van der Waals surface area contributed by atoms with Crippen LogP contribution in [0.3, 0.4) is 0 Å². The number of aryl methyl sites for hydroxylation is 1. The first kappa shape index (κ1) is 22.1. The lowest BCUT2D eigenvalue weighted by Crippen LogP contribution is -2.37. The maximum absolute atomic E-state index is 11.5. The molecule has 0 aliphatic rings. The summed E-state index contributed by atoms with van der Waals surface area (Å²) in [7, 11) is 3.08. The third-order valence-corrected chi connectivity index (χ3v) is 3.79. The summed E-state index contributed by atoms with van der Waals surface area (Å²) in [4.78, 5) is 15.7. The smallest absolute Gasteiger partial charge is 0.341 e. The van der Waals surface area contributed by atoms with E-state index in [9.17, 15) is 4.79 Å². The molecule has 1 aromatic heterocycles. The average molecular weight is 455 g/mol. The van der Waals surface area contributed by atoms with Gasteiger partial charge >= 0.3 is 5.97 Å². The molecule has 0 radical (unpaired) electrons. The van der Waals surface area contributed by atoms with Crippen molar-refractivity contribution in [2.45, 2.75) is 26.3 Å². The molecule has 1 rings (SSSR count). The molecule has 0 bridgehead atoms. The quantitative estimate of drug-likeness (QED) is 0.207. The van der Waals surface area contributed by atoms with Crippen molar-refractivity contribution in [3.63, 3.8) is 0 Å². The number of unbranched alkanes of at least 4 members (excludes halogenated alkanes) is 1. The second-order valence-electron chi connectivity index (χ2n) is 4.73. The van der Waals surface area contributed by atoms with Crippen molar-refractivity contribution in [1.82, 2.24) is 10.6 Å². The van der Waals surface area contributed by atoms with Gasteiger partial charge in [0.25, 0.3) is 0 Å². The van der Waals surface area contributed by atoms with E-state index in [0.717, 1.165) is 18.9 Å². The maximum Gasteiger partial charge on any atom is 0.341 e. The monoisotopic (exact) mass is 455 g/mol. The summed E-state index contributed by atoms with van der Waals surface area (Å²) in [6.45, 7) is 3.09. The zero-order chi connectivity index (χ0) is 16.4. The van der Waals surface area contributed by atoms with Gasteiger partial charge in [0.05, 0.1) is 13.7 Å². The SMILES string of the molecule is CN=C(NCCCCSC)NCc1cc(C(=O)OC)c(C)o1.I. The van der Waals surface area contributed by atoms with Crippen LogP contribution in [0, 0.1) is 6.92 Å². The number of rotatable bonds is 8. The molecule has 0 atom stereocenters. The fraction of sp³-hybridized carbons (Fsp3) is 0.600. The number of nitrogens with zero attached hydrogens (tertiary/aromatic N) is 1. The summed E-state index contributed by atoms with van der Waals surface area (Å²) >= 11 is 1.86. The first-order valence-electron chi connectivity index (χ1n) is 7.23. The molecule has 0 saturated heterocycles. The van der Waals surface area contributed by atoms with Crippen molar-refractivity contribution >= 4 is 47.7 Å². The number of aliphatic imine (C=N–C) groups is 1. The Labute approximate surface area is 159 Å². The van der Waals surface area contributed by atoms with Gasteiger partial charge in [-0.1, -0.05) is 0 Å². The van der Waals surface area contributed by atoms with Crippen molar-refractivity contribution in [1.29, 1.82) is 0 Å². The van der Waals surface area contributed by atoms with Crippen molar-refractivity contribution in [3.8, 4) is 0 Å². The highest BCUT2D eigenvalue weighted by molar-refractivity contribution is 14.0. The van der Waals surface area contributed by atoms with Crippen molar-refractivity contribution < 1.29 is 13.9 Å². The lowest BCUT2D eigenvalue weighted by atomic mass is 10.2. The first-order chi connectivity index (χ1) is 10.6. The summed E-state index contributed by atoms with van der Waals surface area (Å²) in [5.74, 6) is 2.74. The lowest BCUT2D eigenvalue weighted by molar-refractivity contribution is 0.0599. The van der Waals surface area contributed by atoms with Gasteiger partial charge in [-0.25, -0.2) is 4.79 Å². The number of hydrogen-bond donors (Lipinski definition) is 2. The van der Waals surface area contributed by atoms with Crippen molar-refractivity contribution in [2.24, 2.45) is 4.99 Å². The van der Waals surface area contributed by atoms with Crippen LogP contribution in [0.2, 0.25) is 0 Å². The van der Waals surface area contributed by atoms with Crippen LogP contribution in [0.1, 0.15) is 34.7 Å². The molecule has 1 aromatic rings. The molecule has 0 fully saturated rings. The standard InChI is InChI=1S/C15H25N3O3S.HI/c1-11-13(14(19)20-3)9-12(21-11)10-18-15(16-2)17-7-5-6-8-22-4;/h9H,5-8,10H2,1-4H3,(H2,16,17,18);1H. The van der Waals surface area contributed by atoms with E-state index >= 15 is 0 Å². The van der Waals surface area contributed by atoms with Crippen molar-refractivity contribution in [3.05, 3.63) is 23.2 Å². The number of guanidine groups is 1. The van der Waals surface area contributed by atoms with Gasteiger partial charge in [0.15, 0.2) is 5.96 Å². The Morgan fingerprint density at radius 1 is 1.39 bits per heavy atom. The van der Waals surface area contributed by atoms with Crippen LogP contribution < -0.4 is 10.6 Å². The Morgan fingerprint density at radius 2 is 2.13 bits per heavy atom. The lowest BCUT2D eigenvalue weighted by Gasteiger charge is -2.10. The molecule has 0 unspecified atom stereocenters. The van der Waals surface area contributed by atoms with E-state index < -0.39 is 0 Å². The Bertz CT molecular complexity index is 506. The minimum atomic E-state index is -0.385. The molecule has 23 heavy (non-hydrogen) atoms. The first-order valence-corrected chi connectivity index (χ1v) is 8.62. The Balaban J connectivity index is 0.00000484. The van der Waals surface area contributed by atoms with Crippen LogP contribution in [-0.4, -0.2) is 44.6 Å². The van der Waals surface area contributed by atoms with Gasteiger partial charge in [-0.3, -0.25) is 4.99 Å². The highest BCUT2D eigenvalue weighted by Gasteiger charge is 2.15. The van der Waals surface area contributed by atoms with E-state index in [0.29, 0.717) is 23.6 Å². The van der Waals surface area contributed by atoms with Crippen LogP contribution in [0.15, 0.2) is 15.5 Å². The molecular formula is C15H26IN3O3S. The molecule has 0 amide bonds. The van der Waals surface area contributed by atoms with E-state index in [4.69, 9.17) is 9.15 Å². The van der Waals surface area contributed by atoms with Gasteiger partial charge in [0.2, 0.25) is 0 Å². The number of furan rings is 1. The number of carbonyl (C=O) groups is 1. The highest BCUT2D eigenvalue weighted by Crippen LogP contribution is 2.15. The summed E-state index contributed by atoms with van der Waals surface area (Å²) in [6, 6.07) is 1.69. The summed E-state index contributed by atoms with van der Waals surface area (Å²) in [5.41, 5.74) is 0.458. The van der Waals surface area contributed by atoms with E-state index in [2.05, 4.69) is 21.9 Å². The van der Waals surface area contributed by atoms with Crippen LogP contribution >= 0.6 is 35.7 Å². The molecule has 0 aliphatic carbocycles. The Morgan fingerprint density at radius 3 is 2.74 bits per heavy atom. The minimum Gasteiger partial charge on any atom is -0.465 e. The van der Waals surface area contributed by atoms with Gasteiger partial charge < -0.3 is 19.8 Å². The number of halogens is 1. The van der Waals surface area contributed by atoms with E-state index in [1.165, 1.54) is 19.3 Å². The average Bonchev–Trinajstić information content (AvgIpc) is 2.90. The van der Waals surface area contributed by atoms with Crippen LogP contribution in [0.4, 0.5) is 0 Å². The van der Waals surface area contributed by atoms with Gasteiger partial charge in [0, 0.05) is 13.6 Å². The normalized spacial score (nSPS) is 10.9. The second kappa shape index (κ2) is 12.5. The summed E-state index contributed by atoms with van der Waals surface area (Å²) in [6.07, 6.45) is 4.40. The van der Waals surface area contributed by atoms with Crippen LogP contribution in [-0.2, 0) is 11.3 Å². The zero-order valence-corrected chi connectivity index (χ0v) is 17.2. The fourth-order valence-electron chi connectivity index (χ4n) is 1.91. The summed E-state index contributed by atoms with van der Waals surface area (Å²) in [5, 5.41) is 6.41. The predicted octanol–water partition coefficient (Wildman–Crippen LogP) is 2.80. The molecule has 0 spiro atoms. The van der Waals surface area contributed by atoms with Gasteiger partial charge in [0.1, 0.15) is 17.1 Å². The molecule has 0 aliphatic heterocycles. The molecule has 8 heteroatoms. The predicted molar refractivity (Wildman–Crippen MR) is 106 cm³/mol. The maximum atomic E-state index is 11.5. The third-order valence-electron chi connectivity index (χ3n) is 3.10. The molecule has 1 heterocycles. The summed E-state index contributed by atoms with van der Waals surface area (Å²) < 4.78 is 10.2. The molecule has 0 saturated carbocycles. The topological polar surface area (TPSA) is 75.9 Å². The van der Waals surface area contributed by atoms with Crippen molar-refractivity contribution in [2.75, 3.05) is 32.7 Å². The number of carbonyl (C=O) groups excluding carboxylic acids is 1. The Hall–Kier alpha value is -0.900. The number of methoxy groups -OCH3 is 1. The number of nitrogens with one attached hydrogen (secondary N) is 2. The molecule has 0 aromatic carbocycles. The minimum absolute atomic E-state index is 0. The van der Waals surface area contributed by atoms with Crippen LogP contribution in [0.25, 0.3) is 0 Å².